The fraction of sp³-hybridized carbons (Fsp3) is 0.548. The first-order valence-electron chi connectivity index (χ1n) is 33.1. The van der Waals surface area contributed by atoms with Crippen LogP contribution >= 0.6 is 15.6 Å². The van der Waals surface area contributed by atoms with Gasteiger partial charge in [-0.05, 0) is 141 Å². The molecule has 0 amide bonds. The Kier molecular flexibility index (Phi) is 60.9. The SMILES string of the molecule is CC/C=C\C/C=C\C/C=C\C/C=C\C/C=C\CCCCCCCC(=O)OCC(O)COP(=O)(O)OCC(O)COP(=O)(O)OCC(COC(=O)CCC/C=C\C/C=C\C/C=C\C/C=C\C/C=C\CC)OC(=O)CCC/C=C\C/C=C\C/C=C\C/C=C\C/C=C\CC. The highest BCUT2D eigenvalue weighted by Gasteiger charge is 2.29. The van der Waals surface area contributed by atoms with E-state index in [1.807, 2.05) is 24.3 Å². The molecule has 0 fully saturated rings. The second kappa shape index (κ2) is 64.7. The average Bonchev–Trinajstić information content (AvgIpc) is 3.74. The van der Waals surface area contributed by atoms with E-state index >= 15 is 0 Å². The molecule has 91 heavy (non-hydrogen) atoms. The van der Waals surface area contributed by atoms with Crippen LogP contribution in [0, 0.1) is 0 Å². The molecule has 0 heterocycles. The maximum atomic E-state index is 12.9. The van der Waals surface area contributed by atoms with Crippen molar-refractivity contribution in [2.24, 2.45) is 0 Å². The second-order valence-corrected chi connectivity index (χ2v) is 24.0. The van der Waals surface area contributed by atoms with E-state index in [0.29, 0.717) is 32.1 Å². The fourth-order valence-corrected chi connectivity index (χ4v) is 9.25. The highest BCUT2D eigenvalue weighted by Crippen LogP contribution is 2.45. The highest BCUT2D eigenvalue weighted by molar-refractivity contribution is 7.47. The van der Waals surface area contributed by atoms with Crippen LogP contribution in [0.25, 0.3) is 0 Å². The molecular weight excluding hydrogens is 1190 g/mol. The van der Waals surface area contributed by atoms with E-state index in [2.05, 4.69) is 179 Å². The summed E-state index contributed by atoms with van der Waals surface area (Å²) in [6, 6.07) is 0. The number of rotatable bonds is 60. The number of aliphatic hydroxyl groups is 2. The largest absolute Gasteiger partial charge is 0.472 e. The zero-order valence-corrected chi connectivity index (χ0v) is 57.0. The molecule has 4 N–H and O–H groups in total. The van der Waals surface area contributed by atoms with E-state index in [9.17, 15) is 43.5 Å². The summed E-state index contributed by atoms with van der Waals surface area (Å²) in [6.07, 6.45) is 81.1. The van der Waals surface area contributed by atoms with Crippen LogP contribution in [0.1, 0.15) is 201 Å². The Morgan fingerprint density at radius 2 is 0.560 bits per heavy atom. The Hall–Kier alpha value is -5.35. The molecule has 5 unspecified atom stereocenters. The second-order valence-electron chi connectivity index (χ2n) is 21.1. The van der Waals surface area contributed by atoms with Crippen LogP contribution in [0.2, 0.25) is 0 Å². The van der Waals surface area contributed by atoms with Crippen molar-refractivity contribution in [2.45, 2.75) is 219 Å². The first-order chi connectivity index (χ1) is 44.2. The van der Waals surface area contributed by atoms with E-state index in [1.165, 1.54) is 0 Å². The van der Waals surface area contributed by atoms with Crippen LogP contribution in [0.4, 0.5) is 0 Å². The van der Waals surface area contributed by atoms with Crippen molar-refractivity contribution < 1.29 is 75.8 Å². The number of carbonyl (C=O) groups is 3. The van der Waals surface area contributed by atoms with Gasteiger partial charge in [-0.2, -0.15) is 0 Å². The standard InChI is InChI=1S/C73H114O16P2/c1-4-7-10-13-16-19-22-25-28-31-32-33-34-37-39-41-44-47-50-53-56-59-71(76)83-62-68(74)63-85-90(79,80)86-64-69(75)65-87-91(81,82)88-67-70(89-73(78)61-58-55-52-49-46-43-40-36-30-27-24-21-18-15-12-9-6-3)66-84-72(77)60-57-54-51-48-45-42-38-35-29-26-23-20-17-14-11-8-5-2/h7-12,16-21,25-30,32-33,37-40,42-43,48-49,51-52,68-70,74-75H,4-6,13-15,22-24,31,34-36,41,44-47,50,53-67H2,1-3H3,(H,79,80)(H,81,82)/b10-7-,11-8-,12-9-,19-16-,20-17-,21-18-,28-25-,29-26-,30-27-,33-32-,39-37-,42-38-,43-40-,51-48-,52-49-. The Morgan fingerprint density at radius 3 is 0.912 bits per heavy atom. The Morgan fingerprint density at radius 1 is 0.308 bits per heavy atom. The molecule has 0 aromatic rings. The van der Waals surface area contributed by atoms with Gasteiger partial charge in [-0.1, -0.05) is 222 Å². The molecule has 0 spiro atoms. The first kappa shape index (κ1) is 85.7. The van der Waals surface area contributed by atoms with Crippen LogP contribution < -0.4 is 0 Å². The summed E-state index contributed by atoms with van der Waals surface area (Å²) in [5, 5.41) is 20.5. The minimum absolute atomic E-state index is 0.00528. The summed E-state index contributed by atoms with van der Waals surface area (Å²) in [5.41, 5.74) is 0. The number of phosphoric ester groups is 2. The lowest BCUT2D eigenvalue weighted by Crippen LogP contribution is -2.30. The number of esters is 3. The molecular formula is C73H114O16P2. The first-order valence-corrected chi connectivity index (χ1v) is 36.1. The molecule has 0 aliphatic rings. The number of carbonyl (C=O) groups excluding carboxylic acids is 3. The monoisotopic (exact) mass is 1310 g/mol. The van der Waals surface area contributed by atoms with E-state index in [0.717, 1.165) is 128 Å². The van der Waals surface area contributed by atoms with Crippen molar-refractivity contribution in [3.05, 3.63) is 182 Å². The lowest BCUT2D eigenvalue weighted by atomic mass is 10.1. The van der Waals surface area contributed by atoms with Gasteiger partial charge < -0.3 is 34.2 Å². The Labute approximate surface area is 547 Å². The normalized spacial score (nSPS) is 15.4. The lowest BCUT2D eigenvalue weighted by molar-refractivity contribution is -0.161. The lowest BCUT2D eigenvalue weighted by Gasteiger charge is -2.21. The quantitative estimate of drug-likeness (QED) is 0.0146. The van der Waals surface area contributed by atoms with Crippen molar-refractivity contribution in [1.82, 2.24) is 0 Å². The van der Waals surface area contributed by atoms with Crippen LogP contribution in [-0.2, 0) is 55.8 Å². The number of unbranched alkanes of at least 4 members (excludes halogenated alkanes) is 7. The summed E-state index contributed by atoms with van der Waals surface area (Å²) in [6.45, 7) is 2.11. The third-order valence-corrected chi connectivity index (χ3v) is 14.5. The van der Waals surface area contributed by atoms with Crippen LogP contribution in [0.3, 0.4) is 0 Å². The van der Waals surface area contributed by atoms with Gasteiger partial charge in [-0.3, -0.25) is 32.5 Å². The van der Waals surface area contributed by atoms with E-state index in [-0.39, 0.29) is 19.3 Å². The summed E-state index contributed by atoms with van der Waals surface area (Å²) in [5.74, 6) is -1.75. The minimum Gasteiger partial charge on any atom is -0.463 e. The molecule has 0 aliphatic carbocycles. The number of hydrogen-bond acceptors (Lipinski definition) is 14. The Bertz CT molecular complexity index is 2390. The van der Waals surface area contributed by atoms with E-state index < -0.39 is 91.5 Å². The van der Waals surface area contributed by atoms with Gasteiger partial charge in [0.15, 0.2) is 6.10 Å². The van der Waals surface area contributed by atoms with E-state index in [1.54, 1.807) is 0 Å². The summed E-state index contributed by atoms with van der Waals surface area (Å²) in [4.78, 5) is 58.3. The number of allylic oxidation sites excluding steroid dienone is 30. The molecule has 0 bridgehead atoms. The van der Waals surface area contributed by atoms with Gasteiger partial charge >= 0.3 is 33.6 Å². The predicted octanol–water partition coefficient (Wildman–Crippen LogP) is 18.3. The molecule has 0 rings (SSSR count). The zero-order valence-electron chi connectivity index (χ0n) is 55.2. The number of phosphoric acid groups is 2. The fourth-order valence-electron chi connectivity index (χ4n) is 7.67. The predicted molar refractivity (Wildman–Crippen MR) is 371 cm³/mol. The van der Waals surface area contributed by atoms with Crippen LogP contribution in [0.15, 0.2) is 182 Å². The number of ether oxygens (including phenoxy) is 3. The highest BCUT2D eigenvalue weighted by atomic mass is 31.2. The van der Waals surface area contributed by atoms with Crippen molar-refractivity contribution in [3.63, 3.8) is 0 Å². The van der Waals surface area contributed by atoms with Crippen molar-refractivity contribution in [3.8, 4) is 0 Å². The summed E-state index contributed by atoms with van der Waals surface area (Å²) in [7, 11) is -9.84. The maximum absolute atomic E-state index is 12.9. The molecule has 0 aliphatic heterocycles. The Balaban J connectivity index is 4.82. The van der Waals surface area contributed by atoms with Crippen molar-refractivity contribution in [2.75, 3.05) is 39.6 Å². The molecule has 5 atom stereocenters. The summed E-state index contributed by atoms with van der Waals surface area (Å²) < 4.78 is 60.7. The maximum Gasteiger partial charge on any atom is 0.472 e. The molecule has 0 radical (unpaired) electrons. The van der Waals surface area contributed by atoms with E-state index in [4.69, 9.17) is 32.3 Å². The van der Waals surface area contributed by atoms with Crippen molar-refractivity contribution >= 4 is 33.6 Å². The molecule has 0 aromatic heterocycles. The van der Waals surface area contributed by atoms with Crippen molar-refractivity contribution in [1.29, 1.82) is 0 Å². The smallest absolute Gasteiger partial charge is 0.463 e. The van der Waals surface area contributed by atoms with Gasteiger partial charge in [0, 0.05) is 19.3 Å². The molecule has 0 saturated carbocycles. The van der Waals surface area contributed by atoms with Gasteiger partial charge in [0.05, 0.1) is 26.4 Å². The van der Waals surface area contributed by atoms with Crippen LogP contribution in [-0.4, -0.2) is 95.9 Å². The number of aliphatic hydroxyl groups excluding tert-OH is 2. The third kappa shape index (κ3) is 65.9. The van der Waals surface area contributed by atoms with Gasteiger partial charge in [-0.25, -0.2) is 9.13 Å². The minimum atomic E-state index is -4.96. The zero-order chi connectivity index (χ0) is 66.7. The topological polar surface area (TPSA) is 231 Å². The molecule has 512 valence electrons. The van der Waals surface area contributed by atoms with Crippen LogP contribution in [0.5, 0.6) is 0 Å². The third-order valence-electron chi connectivity index (χ3n) is 12.6. The molecule has 18 heteroatoms. The van der Waals surface area contributed by atoms with Gasteiger partial charge in [-0.15, -0.1) is 0 Å². The molecule has 0 saturated heterocycles. The van der Waals surface area contributed by atoms with Gasteiger partial charge in [0.1, 0.15) is 25.4 Å². The van der Waals surface area contributed by atoms with Gasteiger partial charge in [0.25, 0.3) is 0 Å². The summed E-state index contributed by atoms with van der Waals surface area (Å²) >= 11 is 0. The van der Waals surface area contributed by atoms with Gasteiger partial charge in [0.2, 0.25) is 0 Å². The molecule has 16 nitrogen and oxygen atoms in total. The molecule has 0 aromatic carbocycles. The average molecular weight is 1310 g/mol. The number of hydrogen-bond donors (Lipinski definition) is 4.